The van der Waals surface area contributed by atoms with Crippen LogP contribution in [0.25, 0.3) is 0 Å². The summed E-state index contributed by atoms with van der Waals surface area (Å²) in [6, 6.07) is 12.5. The van der Waals surface area contributed by atoms with Crippen LogP contribution in [0.2, 0.25) is 0 Å². The van der Waals surface area contributed by atoms with E-state index in [1.165, 1.54) is 31.4 Å². The van der Waals surface area contributed by atoms with Crippen molar-refractivity contribution in [1.29, 1.82) is 0 Å². The van der Waals surface area contributed by atoms with E-state index in [1.807, 2.05) is 0 Å². The van der Waals surface area contributed by atoms with Gasteiger partial charge in [-0.15, -0.1) is 0 Å². The molecule has 28 heavy (non-hydrogen) atoms. The molecule has 144 valence electrons. The highest BCUT2D eigenvalue weighted by Gasteiger charge is 2.10. The van der Waals surface area contributed by atoms with Gasteiger partial charge in [0.25, 0.3) is 5.91 Å². The second kappa shape index (κ2) is 9.67. The standard InChI is InChI=1S/C20H19N3O5/c1-3-17(24)21-16-10-4-13(5-11-16)12-18(25)22-23-19(26)14-6-8-15(9-7-14)20(27)28-2/h3-11H,1,12H2,2H3,(H,21,24)(H,22,25)(H,23,26). The van der Waals surface area contributed by atoms with Crippen LogP contribution in [0.4, 0.5) is 5.69 Å². The quantitative estimate of drug-likeness (QED) is 0.400. The number of hydrogen-bond donors (Lipinski definition) is 3. The Balaban J connectivity index is 1.84. The Kier molecular flexibility index (Phi) is 7.04. The number of ether oxygens (including phenoxy) is 1. The van der Waals surface area contributed by atoms with Crippen LogP contribution in [-0.4, -0.2) is 30.8 Å². The highest BCUT2D eigenvalue weighted by atomic mass is 16.5. The molecule has 0 spiro atoms. The van der Waals surface area contributed by atoms with Crippen LogP contribution in [-0.2, 0) is 20.7 Å². The maximum atomic E-state index is 12.0. The summed E-state index contributed by atoms with van der Waals surface area (Å²) in [7, 11) is 1.27. The van der Waals surface area contributed by atoms with Gasteiger partial charge < -0.3 is 10.1 Å². The molecule has 0 unspecified atom stereocenters. The van der Waals surface area contributed by atoms with Gasteiger partial charge in [0.05, 0.1) is 19.1 Å². The van der Waals surface area contributed by atoms with Crippen molar-refractivity contribution in [1.82, 2.24) is 10.9 Å². The van der Waals surface area contributed by atoms with Gasteiger partial charge >= 0.3 is 5.97 Å². The van der Waals surface area contributed by atoms with Gasteiger partial charge in [-0.1, -0.05) is 18.7 Å². The molecule has 0 atom stereocenters. The van der Waals surface area contributed by atoms with E-state index in [0.29, 0.717) is 16.8 Å². The zero-order valence-corrected chi connectivity index (χ0v) is 15.2. The average molecular weight is 381 g/mol. The summed E-state index contributed by atoms with van der Waals surface area (Å²) in [5, 5.41) is 2.60. The van der Waals surface area contributed by atoms with E-state index in [0.717, 1.165) is 6.08 Å². The number of benzene rings is 2. The summed E-state index contributed by atoms with van der Waals surface area (Å²) in [6.45, 7) is 3.37. The molecule has 0 radical (unpaired) electrons. The van der Waals surface area contributed by atoms with Gasteiger partial charge in [-0.05, 0) is 48.0 Å². The van der Waals surface area contributed by atoms with E-state index in [-0.39, 0.29) is 17.9 Å². The van der Waals surface area contributed by atoms with Crippen molar-refractivity contribution in [3.8, 4) is 0 Å². The second-order valence-electron chi connectivity index (χ2n) is 5.64. The normalized spacial score (nSPS) is 9.75. The molecule has 0 aliphatic heterocycles. The smallest absolute Gasteiger partial charge is 0.337 e. The molecule has 8 nitrogen and oxygen atoms in total. The SMILES string of the molecule is C=CC(=O)Nc1ccc(CC(=O)NNC(=O)c2ccc(C(=O)OC)cc2)cc1. The largest absolute Gasteiger partial charge is 0.465 e. The number of nitrogens with one attached hydrogen (secondary N) is 3. The van der Waals surface area contributed by atoms with Crippen molar-refractivity contribution < 1.29 is 23.9 Å². The van der Waals surface area contributed by atoms with Gasteiger partial charge in [0.1, 0.15) is 0 Å². The first-order chi connectivity index (χ1) is 13.4. The van der Waals surface area contributed by atoms with Crippen LogP contribution in [0.3, 0.4) is 0 Å². The summed E-state index contributed by atoms with van der Waals surface area (Å²) in [5.74, 6) is -1.77. The minimum absolute atomic E-state index is 0.0389. The third kappa shape index (κ3) is 5.80. The predicted molar refractivity (Wildman–Crippen MR) is 102 cm³/mol. The van der Waals surface area contributed by atoms with Crippen LogP contribution in [0.1, 0.15) is 26.3 Å². The fraction of sp³-hybridized carbons (Fsp3) is 0.100. The summed E-state index contributed by atoms with van der Waals surface area (Å²) in [4.78, 5) is 46.6. The van der Waals surface area contributed by atoms with E-state index < -0.39 is 17.8 Å². The maximum absolute atomic E-state index is 12.0. The lowest BCUT2D eigenvalue weighted by Crippen LogP contribution is -2.42. The first-order valence-electron chi connectivity index (χ1n) is 8.23. The number of rotatable bonds is 6. The predicted octanol–water partition coefficient (Wildman–Crippen LogP) is 1.60. The Morgan fingerprint density at radius 2 is 1.54 bits per heavy atom. The van der Waals surface area contributed by atoms with Crippen molar-refractivity contribution in [3.63, 3.8) is 0 Å². The Hall–Kier alpha value is -3.94. The van der Waals surface area contributed by atoms with Gasteiger partial charge in [-0.2, -0.15) is 0 Å². The molecule has 0 saturated heterocycles. The molecule has 2 aromatic rings. The van der Waals surface area contributed by atoms with Gasteiger partial charge in [0.15, 0.2) is 0 Å². The van der Waals surface area contributed by atoms with Crippen molar-refractivity contribution in [2.75, 3.05) is 12.4 Å². The summed E-state index contributed by atoms with van der Waals surface area (Å²) in [5.41, 5.74) is 6.49. The number of hydrogen-bond acceptors (Lipinski definition) is 5. The lowest BCUT2D eigenvalue weighted by atomic mass is 10.1. The lowest BCUT2D eigenvalue weighted by Gasteiger charge is -2.08. The third-order valence-electron chi connectivity index (χ3n) is 3.66. The van der Waals surface area contributed by atoms with Gasteiger partial charge in [0, 0.05) is 11.3 Å². The van der Waals surface area contributed by atoms with E-state index in [1.54, 1.807) is 24.3 Å². The number of hydrazine groups is 1. The zero-order valence-electron chi connectivity index (χ0n) is 15.2. The summed E-state index contributed by atoms with van der Waals surface area (Å²) in [6.07, 6.45) is 1.20. The van der Waals surface area contributed by atoms with Crippen LogP contribution in [0.5, 0.6) is 0 Å². The first-order valence-corrected chi connectivity index (χ1v) is 8.23. The fourth-order valence-corrected chi connectivity index (χ4v) is 2.20. The molecule has 3 amide bonds. The minimum atomic E-state index is -0.521. The highest BCUT2D eigenvalue weighted by Crippen LogP contribution is 2.10. The molecular weight excluding hydrogens is 362 g/mol. The topological polar surface area (TPSA) is 114 Å². The molecule has 0 aromatic heterocycles. The van der Waals surface area contributed by atoms with Crippen molar-refractivity contribution in [2.45, 2.75) is 6.42 Å². The second-order valence-corrected chi connectivity index (χ2v) is 5.64. The molecule has 0 bridgehead atoms. The molecule has 0 aliphatic carbocycles. The van der Waals surface area contributed by atoms with Crippen molar-refractivity contribution in [3.05, 3.63) is 77.9 Å². The summed E-state index contributed by atoms with van der Waals surface area (Å²) >= 11 is 0. The number of anilines is 1. The molecule has 2 aromatic carbocycles. The summed E-state index contributed by atoms with van der Waals surface area (Å²) < 4.78 is 4.58. The molecular formula is C20H19N3O5. The minimum Gasteiger partial charge on any atom is -0.465 e. The van der Waals surface area contributed by atoms with Crippen LogP contribution < -0.4 is 16.2 Å². The van der Waals surface area contributed by atoms with E-state index in [2.05, 4.69) is 27.5 Å². The Labute approximate surface area is 161 Å². The Morgan fingerprint density at radius 3 is 2.11 bits per heavy atom. The molecule has 8 heteroatoms. The molecule has 0 aliphatic rings. The monoisotopic (exact) mass is 381 g/mol. The number of esters is 1. The van der Waals surface area contributed by atoms with Crippen molar-refractivity contribution in [2.24, 2.45) is 0 Å². The van der Waals surface area contributed by atoms with E-state index in [9.17, 15) is 19.2 Å². The molecule has 0 saturated carbocycles. The fourth-order valence-electron chi connectivity index (χ4n) is 2.20. The first kappa shape index (κ1) is 20.4. The van der Waals surface area contributed by atoms with Gasteiger partial charge in [0.2, 0.25) is 11.8 Å². The van der Waals surface area contributed by atoms with Crippen molar-refractivity contribution >= 4 is 29.4 Å². The van der Waals surface area contributed by atoms with Crippen LogP contribution in [0.15, 0.2) is 61.2 Å². The molecule has 2 rings (SSSR count). The molecule has 0 fully saturated rings. The number of methoxy groups -OCH3 is 1. The third-order valence-corrected chi connectivity index (χ3v) is 3.66. The van der Waals surface area contributed by atoms with E-state index >= 15 is 0 Å². The van der Waals surface area contributed by atoms with Gasteiger partial charge in [-0.3, -0.25) is 25.2 Å². The zero-order chi connectivity index (χ0) is 20.5. The number of carbonyl (C=O) groups excluding carboxylic acids is 4. The Morgan fingerprint density at radius 1 is 0.929 bits per heavy atom. The average Bonchev–Trinajstić information content (AvgIpc) is 2.72. The number of carbonyl (C=O) groups is 4. The van der Waals surface area contributed by atoms with Gasteiger partial charge in [-0.25, -0.2) is 4.79 Å². The van der Waals surface area contributed by atoms with E-state index in [4.69, 9.17) is 0 Å². The Bertz CT molecular complexity index is 889. The number of amides is 3. The lowest BCUT2D eigenvalue weighted by molar-refractivity contribution is -0.121. The molecule has 3 N–H and O–H groups in total. The van der Waals surface area contributed by atoms with Crippen LogP contribution in [0, 0.1) is 0 Å². The highest BCUT2D eigenvalue weighted by molar-refractivity contribution is 5.99. The molecule has 0 heterocycles. The van der Waals surface area contributed by atoms with Crippen LogP contribution >= 0.6 is 0 Å². The maximum Gasteiger partial charge on any atom is 0.337 e.